The summed E-state index contributed by atoms with van der Waals surface area (Å²) >= 11 is 7.84. The molecule has 7 heteroatoms. The van der Waals surface area contributed by atoms with Gasteiger partial charge in [-0.25, -0.2) is 13.1 Å². The van der Waals surface area contributed by atoms with Crippen LogP contribution in [-0.4, -0.2) is 31.1 Å². The Morgan fingerprint density at radius 2 is 2.00 bits per heavy atom. The van der Waals surface area contributed by atoms with Crippen LogP contribution in [0.15, 0.2) is 23.1 Å². The van der Waals surface area contributed by atoms with Gasteiger partial charge in [0.25, 0.3) is 0 Å². The van der Waals surface area contributed by atoms with Crippen molar-refractivity contribution in [1.29, 1.82) is 0 Å². The summed E-state index contributed by atoms with van der Waals surface area (Å²) in [5, 5.41) is 9.95. The molecule has 1 aromatic rings. The normalized spacial score (nSPS) is 23.2. The van der Waals surface area contributed by atoms with Crippen LogP contribution in [0.5, 0.6) is 0 Å². The van der Waals surface area contributed by atoms with Crippen LogP contribution in [0.4, 0.5) is 0 Å². The van der Waals surface area contributed by atoms with Gasteiger partial charge in [-0.15, -0.1) is 0 Å². The van der Waals surface area contributed by atoms with Gasteiger partial charge in [-0.1, -0.05) is 17.7 Å². The van der Waals surface area contributed by atoms with E-state index in [-0.39, 0.29) is 22.6 Å². The van der Waals surface area contributed by atoms with Gasteiger partial charge in [-0.2, -0.15) is 11.8 Å². The predicted molar refractivity (Wildman–Crippen MR) is 87.3 cm³/mol. The van der Waals surface area contributed by atoms with E-state index in [2.05, 4.69) is 11.0 Å². The van der Waals surface area contributed by atoms with Crippen molar-refractivity contribution in [2.75, 3.05) is 6.26 Å². The largest absolute Gasteiger partial charge is 0.392 e. The van der Waals surface area contributed by atoms with Crippen LogP contribution in [0.25, 0.3) is 0 Å². The molecule has 1 aromatic carbocycles. The van der Waals surface area contributed by atoms with Crippen molar-refractivity contribution in [2.45, 2.75) is 48.5 Å². The Balaban J connectivity index is 2.12. The molecule has 0 heterocycles. The Kier molecular flexibility index (Phi) is 5.96. The van der Waals surface area contributed by atoms with Crippen LogP contribution in [0.1, 0.15) is 31.2 Å². The molecule has 1 saturated carbocycles. The summed E-state index contributed by atoms with van der Waals surface area (Å²) in [5.74, 6) is 0. The third-order valence-electron chi connectivity index (χ3n) is 3.80. The first-order valence-corrected chi connectivity index (χ1v) is 10.1. The first kappa shape index (κ1) is 17.1. The highest BCUT2D eigenvalue weighted by molar-refractivity contribution is 7.99. The highest BCUT2D eigenvalue weighted by atomic mass is 35.5. The molecule has 0 aliphatic heterocycles. The summed E-state index contributed by atoms with van der Waals surface area (Å²) < 4.78 is 27.7. The van der Waals surface area contributed by atoms with E-state index in [0.29, 0.717) is 10.8 Å². The minimum absolute atomic E-state index is 0.0350. The number of halogens is 1. The van der Waals surface area contributed by atoms with Crippen LogP contribution in [0, 0.1) is 0 Å². The highest BCUT2D eigenvalue weighted by Crippen LogP contribution is 2.29. The lowest BCUT2D eigenvalue weighted by atomic mass is 9.96. The minimum atomic E-state index is -3.65. The van der Waals surface area contributed by atoms with Crippen LogP contribution in [0.2, 0.25) is 5.02 Å². The number of sulfonamides is 1. The van der Waals surface area contributed by atoms with Gasteiger partial charge in [0.1, 0.15) is 4.90 Å². The smallest absolute Gasteiger partial charge is 0.242 e. The molecule has 4 nitrogen and oxygen atoms in total. The van der Waals surface area contributed by atoms with Gasteiger partial charge in [0, 0.05) is 11.3 Å². The van der Waals surface area contributed by atoms with Gasteiger partial charge in [0.15, 0.2) is 0 Å². The average molecular weight is 350 g/mol. The third kappa shape index (κ3) is 4.36. The maximum Gasteiger partial charge on any atom is 0.242 e. The predicted octanol–water partition coefficient (Wildman–Crippen LogP) is 2.78. The number of benzene rings is 1. The van der Waals surface area contributed by atoms with Gasteiger partial charge in [-0.05, 0) is 49.6 Å². The molecule has 1 aliphatic rings. The zero-order valence-electron chi connectivity index (χ0n) is 11.9. The second-order valence-electron chi connectivity index (χ2n) is 5.25. The van der Waals surface area contributed by atoms with Gasteiger partial charge in [-0.3, -0.25) is 0 Å². The third-order valence-corrected chi connectivity index (χ3v) is 6.94. The molecule has 0 bridgehead atoms. The monoisotopic (exact) mass is 349 g/mol. The van der Waals surface area contributed by atoms with E-state index >= 15 is 0 Å². The van der Waals surface area contributed by atoms with Crippen molar-refractivity contribution in [3.63, 3.8) is 0 Å². The van der Waals surface area contributed by atoms with E-state index in [1.807, 2.05) is 11.8 Å². The molecule has 0 unspecified atom stereocenters. The highest BCUT2D eigenvalue weighted by Gasteiger charge is 2.26. The Morgan fingerprint density at radius 3 is 2.57 bits per heavy atom. The maximum atomic E-state index is 12.5. The quantitative estimate of drug-likeness (QED) is 0.857. The molecule has 2 N–H and O–H groups in total. The van der Waals surface area contributed by atoms with Crippen LogP contribution < -0.4 is 4.72 Å². The number of aliphatic hydroxyl groups is 1. The van der Waals surface area contributed by atoms with E-state index in [1.165, 1.54) is 12.1 Å². The molecule has 0 spiro atoms. The number of thioether (sulfide) groups is 1. The lowest BCUT2D eigenvalue weighted by Crippen LogP contribution is -2.38. The van der Waals surface area contributed by atoms with E-state index in [4.69, 9.17) is 16.7 Å². The van der Waals surface area contributed by atoms with E-state index in [1.54, 1.807) is 6.07 Å². The molecular formula is C14H20ClNO3S2. The van der Waals surface area contributed by atoms with Crippen LogP contribution in [-0.2, 0) is 16.6 Å². The molecule has 0 radical (unpaired) electrons. The van der Waals surface area contributed by atoms with Gasteiger partial charge in [0.05, 0.1) is 11.6 Å². The molecule has 0 atom stereocenters. The van der Waals surface area contributed by atoms with Crippen molar-refractivity contribution < 1.29 is 13.5 Å². The van der Waals surface area contributed by atoms with Gasteiger partial charge in [0.2, 0.25) is 10.0 Å². The summed E-state index contributed by atoms with van der Waals surface area (Å²) in [5.41, 5.74) is 0.533. The minimum Gasteiger partial charge on any atom is -0.392 e. The molecule has 118 valence electrons. The average Bonchev–Trinajstić information content (AvgIpc) is 2.48. The zero-order valence-corrected chi connectivity index (χ0v) is 14.3. The van der Waals surface area contributed by atoms with Crippen molar-refractivity contribution >= 4 is 33.4 Å². The molecule has 0 aromatic heterocycles. The van der Waals surface area contributed by atoms with Crippen molar-refractivity contribution in [1.82, 2.24) is 4.72 Å². The summed E-state index contributed by atoms with van der Waals surface area (Å²) in [6.45, 7) is -0.210. The number of nitrogens with one attached hydrogen (secondary N) is 1. The molecule has 0 amide bonds. The summed E-state index contributed by atoms with van der Waals surface area (Å²) in [4.78, 5) is 0.0442. The van der Waals surface area contributed by atoms with E-state index in [0.717, 1.165) is 25.7 Å². The molecule has 0 saturated heterocycles. The lowest BCUT2D eigenvalue weighted by molar-refractivity contribution is 0.281. The Morgan fingerprint density at radius 1 is 1.33 bits per heavy atom. The first-order valence-electron chi connectivity index (χ1n) is 6.90. The standard InChI is InChI=1S/C14H20ClNO3S2/c1-20-12-5-3-11(4-6-12)16-21(18,19)14-8-10(9-17)2-7-13(14)15/h2,7-8,11-12,16-17H,3-6,9H2,1H3. The molecule has 1 aliphatic carbocycles. The Hall–Kier alpha value is -0.270. The summed E-state index contributed by atoms with van der Waals surface area (Å²) in [7, 11) is -3.65. The molecule has 21 heavy (non-hydrogen) atoms. The van der Waals surface area contributed by atoms with Crippen molar-refractivity contribution in [2.24, 2.45) is 0 Å². The fourth-order valence-electron chi connectivity index (χ4n) is 2.55. The topological polar surface area (TPSA) is 66.4 Å². The van der Waals surface area contributed by atoms with Crippen LogP contribution >= 0.6 is 23.4 Å². The van der Waals surface area contributed by atoms with Crippen molar-refractivity contribution in [3.8, 4) is 0 Å². The summed E-state index contributed by atoms with van der Waals surface area (Å²) in [6.07, 6.45) is 5.84. The second kappa shape index (κ2) is 7.33. The second-order valence-corrected chi connectivity index (χ2v) is 8.48. The lowest BCUT2D eigenvalue weighted by Gasteiger charge is -2.28. The molecule has 2 rings (SSSR count). The number of hydrogen-bond acceptors (Lipinski definition) is 4. The fraction of sp³-hybridized carbons (Fsp3) is 0.571. The summed E-state index contributed by atoms with van der Waals surface area (Å²) in [6, 6.07) is 4.52. The van der Waals surface area contributed by atoms with Gasteiger partial charge < -0.3 is 5.11 Å². The SMILES string of the molecule is CSC1CCC(NS(=O)(=O)c2cc(CO)ccc2Cl)CC1. The Bertz CT molecular complexity index is 584. The van der Waals surface area contributed by atoms with Gasteiger partial charge >= 0.3 is 0 Å². The van der Waals surface area contributed by atoms with Crippen molar-refractivity contribution in [3.05, 3.63) is 28.8 Å². The van der Waals surface area contributed by atoms with E-state index in [9.17, 15) is 8.42 Å². The molecule has 1 fully saturated rings. The fourth-order valence-corrected chi connectivity index (χ4v) is 5.15. The number of hydrogen-bond donors (Lipinski definition) is 2. The van der Waals surface area contributed by atoms with Crippen LogP contribution in [0.3, 0.4) is 0 Å². The molecular weight excluding hydrogens is 330 g/mol. The zero-order chi connectivity index (χ0) is 15.5. The van der Waals surface area contributed by atoms with E-state index < -0.39 is 10.0 Å². The number of aliphatic hydroxyl groups excluding tert-OH is 1. The number of rotatable bonds is 5. The maximum absolute atomic E-state index is 12.5. The Labute approximate surface area is 135 Å². The first-order chi connectivity index (χ1) is 9.96.